The molecule has 1 aromatic heterocycles. The maximum absolute atomic E-state index is 10.7. The molecule has 1 aromatic carbocycles. The van der Waals surface area contributed by atoms with Crippen LogP contribution in [0.4, 0.5) is 0 Å². The lowest BCUT2D eigenvalue weighted by molar-refractivity contribution is -0.131. The van der Waals surface area contributed by atoms with E-state index in [0.29, 0.717) is 11.6 Å². The standard InChI is InChI=1S/C12H10N2O3/c1-8(15)17-11-4-2-9(3-5-11)12-13-6-10(16)7-14-12/h2-7,16H,1H3. The van der Waals surface area contributed by atoms with Crippen LogP contribution in [-0.4, -0.2) is 21.0 Å². The highest BCUT2D eigenvalue weighted by atomic mass is 16.5. The van der Waals surface area contributed by atoms with E-state index in [4.69, 9.17) is 9.84 Å². The second kappa shape index (κ2) is 4.61. The third kappa shape index (κ3) is 2.78. The van der Waals surface area contributed by atoms with E-state index in [1.54, 1.807) is 24.3 Å². The molecule has 0 bridgehead atoms. The highest BCUT2D eigenvalue weighted by Crippen LogP contribution is 2.19. The van der Waals surface area contributed by atoms with Crippen molar-refractivity contribution in [3.8, 4) is 22.9 Å². The maximum atomic E-state index is 10.7. The molecule has 0 amide bonds. The summed E-state index contributed by atoms with van der Waals surface area (Å²) in [6, 6.07) is 6.80. The molecule has 0 saturated heterocycles. The lowest BCUT2D eigenvalue weighted by Crippen LogP contribution is -2.00. The number of esters is 1. The molecule has 86 valence electrons. The first-order valence-electron chi connectivity index (χ1n) is 4.95. The molecule has 0 aliphatic carbocycles. The number of benzene rings is 1. The molecule has 0 saturated carbocycles. The number of aromatic hydroxyl groups is 1. The predicted molar refractivity (Wildman–Crippen MR) is 60.4 cm³/mol. The highest BCUT2D eigenvalue weighted by Gasteiger charge is 2.02. The van der Waals surface area contributed by atoms with E-state index in [1.165, 1.54) is 19.3 Å². The fourth-order valence-corrected chi connectivity index (χ4v) is 1.31. The number of nitrogens with zero attached hydrogens (tertiary/aromatic N) is 2. The molecular weight excluding hydrogens is 220 g/mol. The van der Waals surface area contributed by atoms with Gasteiger partial charge in [-0.15, -0.1) is 0 Å². The van der Waals surface area contributed by atoms with Crippen molar-refractivity contribution in [2.75, 3.05) is 0 Å². The van der Waals surface area contributed by atoms with E-state index < -0.39 is 0 Å². The molecule has 17 heavy (non-hydrogen) atoms. The SMILES string of the molecule is CC(=O)Oc1ccc(-c2ncc(O)cn2)cc1. The van der Waals surface area contributed by atoms with E-state index >= 15 is 0 Å². The zero-order chi connectivity index (χ0) is 12.3. The molecule has 5 nitrogen and oxygen atoms in total. The van der Waals surface area contributed by atoms with Gasteiger partial charge in [-0.05, 0) is 24.3 Å². The Morgan fingerprint density at radius 2 is 1.76 bits per heavy atom. The number of rotatable bonds is 2. The van der Waals surface area contributed by atoms with Gasteiger partial charge in [0.15, 0.2) is 11.6 Å². The minimum Gasteiger partial charge on any atom is -0.505 e. The molecule has 0 spiro atoms. The predicted octanol–water partition coefficient (Wildman–Crippen LogP) is 1.77. The van der Waals surface area contributed by atoms with Crippen LogP contribution >= 0.6 is 0 Å². The van der Waals surface area contributed by atoms with Crippen molar-refractivity contribution in [3.63, 3.8) is 0 Å². The number of ether oxygens (including phenoxy) is 1. The zero-order valence-corrected chi connectivity index (χ0v) is 9.12. The second-order valence-corrected chi connectivity index (χ2v) is 3.38. The molecular formula is C12H10N2O3. The maximum Gasteiger partial charge on any atom is 0.308 e. The van der Waals surface area contributed by atoms with Crippen molar-refractivity contribution >= 4 is 5.97 Å². The first-order chi connectivity index (χ1) is 8.15. The molecule has 0 aliphatic rings. The van der Waals surface area contributed by atoms with Gasteiger partial charge in [-0.3, -0.25) is 4.79 Å². The van der Waals surface area contributed by atoms with Gasteiger partial charge in [0.1, 0.15) is 5.75 Å². The Morgan fingerprint density at radius 1 is 1.18 bits per heavy atom. The lowest BCUT2D eigenvalue weighted by Gasteiger charge is -2.02. The van der Waals surface area contributed by atoms with Gasteiger partial charge in [0.2, 0.25) is 0 Å². The van der Waals surface area contributed by atoms with Crippen LogP contribution in [0, 0.1) is 0 Å². The summed E-state index contributed by atoms with van der Waals surface area (Å²) < 4.78 is 4.90. The summed E-state index contributed by atoms with van der Waals surface area (Å²) in [6.07, 6.45) is 2.64. The zero-order valence-electron chi connectivity index (χ0n) is 9.12. The molecule has 1 heterocycles. The van der Waals surface area contributed by atoms with E-state index in [0.717, 1.165) is 5.56 Å². The van der Waals surface area contributed by atoms with Crippen molar-refractivity contribution in [1.29, 1.82) is 0 Å². The number of carbonyl (C=O) groups is 1. The van der Waals surface area contributed by atoms with Crippen molar-refractivity contribution in [3.05, 3.63) is 36.7 Å². The van der Waals surface area contributed by atoms with Gasteiger partial charge in [-0.2, -0.15) is 0 Å². The van der Waals surface area contributed by atoms with Crippen LogP contribution in [0.25, 0.3) is 11.4 Å². The van der Waals surface area contributed by atoms with Gasteiger partial charge in [-0.1, -0.05) is 0 Å². The normalized spacial score (nSPS) is 9.94. The Bertz CT molecular complexity index is 520. The third-order valence-corrected chi connectivity index (χ3v) is 2.01. The van der Waals surface area contributed by atoms with Crippen molar-refractivity contribution < 1.29 is 14.6 Å². The van der Waals surface area contributed by atoms with Crippen LogP contribution in [0.1, 0.15) is 6.92 Å². The van der Waals surface area contributed by atoms with Gasteiger partial charge >= 0.3 is 5.97 Å². The van der Waals surface area contributed by atoms with Crippen LogP contribution in [0.3, 0.4) is 0 Å². The number of carbonyl (C=O) groups excluding carboxylic acids is 1. The summed E-state index contributed by atoms with van der Waals surface area (Å²) in [5, 5.41) is 9.06. The second-order valence-electron chi connectivity index (χ2n) is 3.38. The van der Waals surface area contributed by atoms with Crippen LogP contribution in [0.15, 0.2) is 36.7 Å². The van der Waals surface area contributed by atoms with Crippen LogP contribution in [0.5, 0.6) is 11.5 Å². The molecule has 1 N–H and O–H groups in total. The first kappa shape index (κ1) is 11.1. The van der Waals surface area contributed by atoms with Gasteiger partial charge in [0.05, 0.1) is 12.4 Å². The van der Waals surface area contributed by atoms with Crippen molar-refractivity contribution in [2.24, 2.45) is 0 Å². The smallest absolute Gasteiger partial charge is 0.308 e. The summed E-state index contributed by atoms with van der Waals surface area (Å²) in [4.78, 5) is 18.7. The van der Waals surface area contributed by atoms with E-state index in [-0.39, 0.29) is 11.7 Å². The summed E-state index contributed by atoms with van der Waals surface area (Å²) >= 11 is 0. The van der Waals surface area contributed by atoms with Gasteiger partial charge < -0.3 is 9.84 Å². The largest absolute Gasteiger partial charge is 0.505 e. The molecule has 0 fully saturated rings. The van der Waals surface area contributed by atoms with Crippen LogP contribution < -0.4 is 4.74 Å². The quantitative estimate of drug-likeness (QED) is 0.628. The summed E-state index contributed by atoms with van der Waals surface area (Å²) in [6.45, 7) is 1.34. The molecule has 2 aromatic rings. The van der Waals surface area contributed by atoms with E-state index in [9.17, 15) is 4.79 Å². The first-order valence-corrected chi connectivity index (χ1v) is 4.95. The van der Waals surface area contributed by atoms with Gasteiger partial charge in [0, 0.05) is 12.5 Å². The number of hydrogen-bond acceptors (Lipinski definition) is 5. The molecule has 0 atom stereocenters. The van der Waals surface area contributed by atoms with E-state index in [2.05, 4.69) is 9.97 Å². The molecule has 0 aliphatic heterocycles. The third-order valence-electron chi connectivity index (χ3n) is 2.01. The van der Waals surface area contributed by atoms with E-state index in [1.807, 2.05) is 0 Å². The van der Waals surface area contributed by atoms with Crippen LogP contribution in [-0.2, 0) is 4.79 Å². The Morgan fingerprint density at radius 3 is 2.29 bits per heavy atom. The number of hydrogen-bond donors (Lipinski definition) is 1. The monoisotopic (exact) mass is 230 g/mol. The highest BCUT2D eigenvalue weighted by molar-refractivity contribution is 5.69. The lowest BCUT2D eigenvalue weighted by atomic mass is 10.2. The Labute approximate surface area is 97.7 Å². The van der Waals surface area contributed by atoms with Crippen molar-refractivity contribution in [2.45, 2.75) is 6.92 Å². The summed E-state index contributed by atoms with van der Waals surface area (Å²) in [5.74, 6) is 0.626. The summed E-state index contributed by atoms with van der Waals surface area (Å²) in [5.41, 5.74) is 0.779. The van der Waals surface area contributed by atoms with Gasteiger partial charge in [0.25, 0.3) is 0 Å². The van der Waals surface area contributed by atoms with Crippen molar-refractivity contribution in [1.82, 2.24) is 9.97 Å². The summed E-state index contributed by atoms with van der Waals surface area (Å²) in [7, 11) is 0. The average Bonchev–Trinajstić information content (AvgIpc) is 2.30. The Hall–Kier alpha value is -2.43. The topological polar surface area (TPSA) is 72.3 Å². The molecule has 2 rings (SSSR count). The molecule has 0 radical (unpaired) electrons. The molecule has 5 heteroatoms. The average molecular weight is 230 g/mol. The minimum atomic E-state index is -0.362. The minimum absolute atomic E-state index is 0.0188. The Kier molecular flexibility index (Phi) is 3.00. The van der Waals surface area contributed by atoms with Crippen LogP contribution in [0.2, 0.25) is 0 Å². The number of aromatic nitrogens is 2. The fourth-order valence-electron chi connectivity index (χ4n) is 1.31. The van der Waals surface area contributed by atoms with Gasteiger partial charge in [-0.25, -0.2) is 9.97 Å². The fraction of sp³-hybridized carbons (Fsp3) is 0.0833. The molecule has 0 unspecified atom stereocenters. The Balaban J connectivity index is 2.23.